The summed E-state index contributed by atoms with van der Waals surface area (Å²) >= 11 is 1.58. The molecule has 6 nitrogen and oxygen atoms in total. The smallest absolute Gasteiger partial charge is 0.187 e. The van der Waals surface area contributed by atoms with E-state index >= 15 is 0 Å². The summed E-state index contributed by atoms with van der Waals surface area (Å²) in [5.74, 6) is -0.0645. The van der Waals surface area contributed by atoms with Crippen LogP contribution in [0.5, 0.6) is 0 Å². The molecule has 2 aromatic heterocycles. The Hall–Kier alpha value is -2.28. The molecule has 0 aliphatic carbocycles. The van der Waals surface area contributed by atoms with Crippen LogP contribution in [0.4, 0.5) is 0 Å². The molecule has 1 aliphatic heterocycles. The first-order valence-electron chi connectivity index (χ1n) is 8.15. The fourth-order valence-corrected chi connectivity index (χ4v) is 4.05. The van der Waals surface area contributed by atoms with Gasteiger partial charge in [-0.05, 0) is 38.0 Å². The fourth-order valence-electron chi connectivity index (χ4n) is 2.98. The van der Waals surface area contributed by atoms with Crippen LogP contribution in [-0.2, 0) is 12.0 Å². The Balaban J connectivity index is 1.83. The number of rotatable bonds is 4. The van der Waals surface area contributed by atoms with Gasteiger partial charge in [-0.25, -0.2) is 9.98 Å². The van der Waals surface area contributed by atoms with Gasteiger partial charge >= 0.3 is 0 Å². The molecule has 3 heterocycles. The van der Waals surface area contributed by atoms with Gasteiger partial charge in [-0.3, -0.25) is 14.8 Å². The van der Waals surface area contributed by atoms with E-state index in [4.69, 9.17) is 5.73 Å². The van der Waals surface area contributed by atoms with E-state index in [0.29, 0.717) is 16.1 Å². The number of aryl methyl sites for hydroxylation is 1. The number of nitrogens with two attached hydrogens (primary N) is 1. The minimum absolute atomic E-state index is 0.0645. The van der Waals surface area contributed by atoms with Crippen LogP contribution in [-0.4, -0.2) is 31.2 Å². The molecule has 0 amide bonds. The van der Waals surface area contributed by atoms with Crippen LogP contribution in [0, 0.1) is 6.92 Å². The summed E-state index contributed by atoms with van der Waals surface area (Å²) in [5.41, 5.74) is 8.39. The Kier molecular flexibility index (Phi) is 4.85. The highest BCUT2D eigenvalue weighted by Crippen LogP contribution is 2.37. The van der Waals surface area contributed by atoms with E-state index in [0.717, 1.165) is 23.4 Å². The summed E-state index contributed by atoms with van der Waals surface area (Å²) in [7, 11) is 0. The third-order valence-corrected chi connectivity index (χ3v) is 5.07. The maximum atomic E-state index is 12.4. The number of aliphatic imine (C=N–C) groups is 1. The molecular formula is C18H21N5OS. The molecule has 0 radical (unpaired) electrons. The van der Waals surface area contributed by atoms with Gasteiger partial charge in [-0.15, -0.1) is 0 Å². The van der Waals surface area contributed by atoms with E-state index in [1.807, 2.05) is 26.0 Å². The molecule has 1 aliphatic rings. The van der Waals surface area contributed by atoms with Crippen molar-refractivity contribution in [1.82, 2.24) is 15.0 Å². The Bertz CT molecular complexity index is 820. The molecule has 25 heavy (non-hydrogen) atoms. The highest BCUT2D eigenvalue weighted by molar-refractivity contribution is 8.14. The van der Waals surface area contributed by atoms with Gasteiger partial charge in [0.2, 0.25) is 0 Å². The zero-order valence-electron chi connectivity index (χ0n) is 14.6. The molecule has 2 atom stereocenters. The number of ketones is 1. The van der Waals surface area contributed by atoms with Gasteiger partial charge in [-0.1, -0.05) is 18.7 Å². The van der Waals surface area contributed by atoms with Crippen molar-refractivity contribution in [3.8, 4) is 0 Å². The largest absolute Gasteiger partial charge is 0.379 e. The second kappa shape index (κ2) is 6.92. The maximum absolute atomic E-state index is 12.4. The monoisotopic (exact) mass is 355 g/mol. The lowest BCUT2D eigenvalue weighted by Gasteiger charge is -2.32. The predicted octanol–water partition coefficient (Wildman–Crippen LogP) is 2.66. The van der Waals surface area contributed by atoms with Crippen LogP contribution < -0.4 is 5.73 Å². The normalized spacial score (nSPS) is 23.2. The third-order valence-electron chi connectivity index (χ3n) is 4.17. The van der Waals surface area contributed by atoms with Crippen LogP contribution in [0.2, 0.25) is 0 Å². The van der Waals surface area contributed by atoms with E-state index < -0.39 is 5.54 Å². The quantitative estimate of drug-likeness (QED) is 0.847. The van der Waals surface area contributed by atoms with Gasteiger partial charge in [0.1, 0.15) is 11.2 Å². The number of amidine groups is 1. The van der Waals surface area contributed by atoms with Crippen molar-refractivity contribution in [2.45, 2.75) is 44.4 Å². The molecule has 7 heteroatoms. The van der Waals surface area contributed by atoms with Gasteiger partial charge in [-0.2, -0.15) is 0 Å². The highest BCUT2D eigenvalue weighted by Gasteiger charge is 2.34. The molecule has 130 valence electrons. The lowest BCUT2D eigenvalue weighted by Crippen LogP contribution is -2.33. The molecule has 0 saturated carbocycles. The summed E-state index contributed by atoms with van der Waals surface area (Å²) in [5, 5.41) is 0.955. The molecule has 0 fully saturated rings. The molecule has 0 saturated heterocycles. The van der Waals surface area contributed by atoms with Crippen LogP contribution in [0.15, 0.2) is 35.7 Å². The summed E-state index contributed by atoms with van der Waals surface area (Å²) < 4.78 is 0. The summed E-state index contributed by atoms with van der Waals surface area (Å²) in [6.07, 6.45) is 5.96. The fraction of sp³-hybridized carbons (Fsp3) is 0.389. The average Bonchev–Trinajstić information content (AvgIpc) is 2.54. The van der Waals surface area contributed by atoms with Crippen LogP contribution in [0.25, 0.3) is 0 Å². The van der Waals surface area contributed by atoms with E-state index in [1.165, 1.54) is 6.20 Å². The number of Topliss-reactive ketones (excluding diaryl/α,β-unsaturated/α-hetero) is 1. The van der Waals surface area contributed by atoms with Gasteiger partial charge in [0.25, 0.3) is 0 Å². The van der Waals surface area contributed by atoms with E-state index in [-0.39, 0.29) is 12.2 Å². The van der Waals surface area contributed by atoms with Crippen molar-refractivity contribution in [3.63, 3.8) is 0 Å². The van der Waals surface area contributed by atoms with Gasteiger partial charge < -0.3 is 5.73 Å². The van der Waals surface area contributed by atoms with E-state index in [2.05, 4.69) is 26.9 Å². The Morgan fingerprint density at radius 3 is 2.84 bits per heavy atom. The van der Waals surface area contributed by atoms with E-state index in [9.17, 15) is 4.79 Å². The summed E-state index contributed by atoms with van der Waals surface area (Å²) in [4.78, 5) is 29.8. The van der Waals surface area contributed by atoms with Crippen LogP contribution in [0.1, 0.15) is 47.7 Å². The van der Waals surface area contributed by atoms with E-state index in [1.54, 1.807) is 24.2 Å². The average molecular weight is 355 g/mol. The van der Waals surface area contributed by atoms with Crippen molar-refractivity contribution >= 4 is 22.7 Å². The number of hydrogen-bond donors (Lipinski definition) is 1. The Morgan fingerprint density at radius 1 is 1.36 bits per heavy atom. The maximum Gasteiger partial charge on any atom is 0.187 e. The molecule has 2 N–H and O–H groups in total. The predicted molar refractivity (Wildman–Crippen MR) is 99.7 cm³/mol. The SMILES string of the molecule is Cc1cnc(C(=O)Cc2ccnc([C@]3(C)C[C@@H](C)SC(N)=N3)c2)cn1. The number of nitrogens with zero attached hydrogens (tertiary/aromatic N) is 4. The molecule has 0 spiro atoms. The van der Waals surface area contributed by atoms with Crippen LogP contribution >= 0.6 is 11.8 Å². The second-order valence-electron chi connectivity index (χ2n) is 6.55. The number of carbonyl (C=O) groups is 1. The number of carbonyl (C=O) groups excluding carboxylic acids is 1. The van der Waals surface area contributed by atoms with Gasteiger partial charge in [0, 0.05) is 24.1 Å². The van der Waals surface area contributed by atoms with Gasteiger partial charge in [0.15, 0.2) is 11.0 Å². The highest BCUT2D eigenvalue weighted by atomic mass is 32.2. The Morgan fingerprint density at radius 2 is 2.16 bits per heavy atom. The van der Waals surface area contributed by atoms with Crippen molar-refractivity contribution < 1.29 is 4.79 Å². The molecule has 2 aromatic rings. The van der Waals surface area contributed by atoms with Crippen molar-refractivity contribution in [2.24, 2.45) is 10.7 Å². The summed E-state index contributed by atoms with van der Waals surface area (Å²) in [6, 6.07) is 3.79. The first kappa shape index (κ1) is 17.5. The molecule has 3 rings (SSSR count). The van der Waals surface area contributed by atoms with Crippen molar-refractivity contribution in [2.75, 3.05) is 0 Å². The van der Waals surface area contributed by atoms with Gasteiger partial charge in [0.05, 0.1) is 17.6 Å². The zero-order chi connectivity index (χ0) is 18.0. The molecule has 0 unspecified atom stereocenters. The zero-order valence-corrected chi connectivity index (χ0v) is 15.4. The first-order chi connectivity index (χ1) is 11.9. The minimum Gasteiger partial charge on any atom is -0.379 e. The Labute approximate surface area is 151 Å². The minimum atomic E-state index is -0.461. The van der Waals surface area contributed by atoms with Crippen LogP contribution in [0.3, 0.4) is 0 Å². The van der Waals surface area contributed by atoms with Crippen molar-refractivity contribution in [3.05, 3.63) is 53.4 Å². The molecule has 0 bridgehead atoms. The second-order valence-corrected chi connectivity index (χ2v) is 8.01. The number of thioether (sulfide) groups is 1. The number of pyridine rings is 1. The lowest BCUT2D eigenvalue weighted by molar-refractivity contribution is 0.0987. The first-order valence-corrected chi connectivity index (χ1v) is 9.03. The number of hydrogen-bond acceptors (Lipinski definition) is 7. The number of aromatic nitrogens is 3. The molecular weight excluding hydrogens is 334 g/mol. The lowest BCUT2D eigenvalue weighted by atomic mass is 9.90. The summed E-state index contributed by atoms with van der Waals surface area (Å²) in [6.45, 7) is 6.01. The molecule has 0 aromatic carbocycles. The topological polar surface area (TPSA) is 94.1 Å². The standard InChI is InChI=1S/C18H21N5OS/c1-11-9-22-14(10-21-11)15(24)6-13-4-5-20-16(7-13)18(3)8-12(2)25-17(19)23-18/h4-5,7,9-10,12H,6,8H2,1-3H3,(H2,19,23)/t12-,18+/m1/s1. The van der Waals surface area contributed by atoms with Crippen molar-refractivity contribution in [1.29, 1.82) is 0 Å². The third kappa shape index (κ3) is 4.04.